The lowest BCUT2D eigenvalue weighted by molar-refractivity contribution is 0.367. The Balaban J connectivity index is 1.88. The zero-order valence-corrected chi connectivity index (χ0v) is 10.4. The number of hydrogen-bond donors (Lipinski definition) is 0. The number of aryl methyl sites for hydroxylation is 1. The molecule has 0 spiro atoms. The summed E-state index contributed by atoms with van der Waals surface area (Å²) in [7, 11) is 0. The van der Waals surface area contributed by atoms with Crippen molar-refractivity contribution in [2.45, 2.75) is 57.8 Å². The van der Waals surface area contributed by atoms with E-state index >= 15 is 0 Å². The molecule has 0 amide bonds. The molecule has 1 heterocycles. The van der Waals surface area contributed by atoms with Gasteiger partial charge in [0, 0.05) is 18.8 Å². The molecule has 1 saturated carbocycles. The lowest BCUT2D eigenvalue weighted by atomic mass is 10.0. The molecule has 2 unspecified atom stereocenters. The number of rotatable bonds is 5. The maximum absolute atomic E-state index is 8.46. The minimum Gasteiger partial charge on any atom is -0.339 e. The molecule has 1 aromatic rings. The third kappa shape index (κ3) is 3.06. The van der Waals surface area contributed by atoms with Crippen molar-refractivity contribution in [2.24, 2.45) is 5.92 Å². The smallest absolute Gasteiger partial charge is 0.226 e. The van der Waals surface area contributed by atoms with E-state index in [0.29, 0.717) is 18.2 Å². The maximum Gasteiger partial charge on any atom is 0.226 e. The van der Waals surface area contributed by atoms with Crippen LogP contribution in [0.4, 0.5) is 0 Å². The largest absolute Gasteiger partial charge is 0.339 e. The van der Waals surface area contributed by atoms with Gasteiger partial charge in [0.15, 0.2) is 5.82 Å². The Labute approximate surface area is 102 Å². The lowest BCUT2D eigenvalue weighted by Crippen LogP contribution is -1.97. The number of nitriles is 1. The van der Waals surface area contributed by atoms with E-state index in [1.165, 1.54) is 25.7 Å². The summed E-state index contributed by atoms with van der Waals surface area (Å²) in [5.74, 6) is 2.90. The van der Waals surface area contributed by atoms with E-state index in [4.69, 9.17) is 9.78 Å². The fraction of sp³-hybridized carbons (Fsp3) is 0.769. The first-order valence-electron chi connectivity index (χ1n) is 6.53. The van der Waals surface area contributed by atoms with Crippen LogP contribution in [0.1, 0.15) is 63.1 Å². The molecule has 1 aromatic heterocycles. The molecule has 17 heavy (non-hydrogen) atoms. The van der Waals surface area contributed by atoms with E-state index in [9.17, 15) is 0 Å². The summed E-state index contributed by atoms with van der Waals surface area (Å²) in [4.78, 5) is 4.45. The molecule has 0 radical (unpaired) electrons. The van der Waals surface area contributed by atoms with Crippen LogP contribution in [0.5, 0.6) is 0 Å². The summed E-state index contributed by atoms with van der Waals surface area (Å²) < 4.78 is 5.22. The second-order valence-corrected chi connectivity index (χ2v) is 4.84. The Bertz CT molecular complexity index is 394. The van der Waals surface area contributed by atoms with Gasteiger partial charge in [-0.05, 0) is 31.6 Å². The van der Waals surface area contributed by atoms with Crippen LogP contribution in [0.25, 0.3) is 0 Å². The molecular weight excluding hydrogens is 214 g/mol. The first-order chi connectivity index (χ1) is 8.33. The van der Waals surface area contributed by atoms with Crippen LogP contribution in [-0.2, 0) is 6.42 Å². The Morgan fingerprint density at radius 3 is 3.06 bits per heavy atom. The van der Waals surface area contributed by atoms with Crippen LogP contribution in [0.3, 0.4) is 0 Å². The molecule has 0 saturated heterocycles. The van der Waals surface area contributed by atoms with Crippen molar-refractivity contribution in [2.75, 3.05) is 0 Å². The molecule has 1 aliphatic rings. The van der Waals surface area contributed by atoms with Gasteiger partial charge in [0.25, 0.3) is 0 Å². The van der Waals surface area contributed by atoms with E-state index in [-0.39, 0.29) is 0 Å². The molecule has 0 aliphatic heterocycles. The Kier molecular flexibility index (Phi) is 4.13. The van der Waals surface area contributed by atoms with Crippen LogP contribution in [0.2, 0.25) is 0 Å². The Hall–Kier alpha value is -1.37. The number of unbranched alkanes of at least 4 members (excludes halogenated alkanes) is 1. The molecule has 2 atom stereocenters. The molecule has 1 fully saturated rings. The zero-order valence-electron chi connectivity index (χ0n) is 10.4. The highest BCUT2D eigenvalue weighted by atomic mass is 16.5. The van der Waals surface area contributed by atoms with Gasteiger partial charge in [-0.1, -0.05) is 18.5 Å². The highest BCUT2D eigenvalue weighted by Crippen LogP contribution is 2.38. The molecule has 0 aromatic carbocycles. The van der Waals surface area contributed by atoms with Crippen LogP contribution in [0, 0.1) is 17.2 Å². The van der Waals surface area contributed by atoms with Crippen LogP contribution < -0.4 is 0 Å². The van der Waals surface area contributed by atoms with Gasteiger partial charge in [0.2, 0.25) is 5.89 Å². The highest BCUT2D eigenvalue weighted by molar-refractivity contribution is 4.99. The predicted octanol–water partition coefficient (Wildman–Crippen LogP) is 3.21. The fourth-order valence-electron chi connectivity index (χ4n) is 2.53. The summed E-state index contributed by atoms with van der Waals surface area (Å²) in [6.45, 7) is 2.25. The lowest BCUT2D eigenvalue weighted by Gasteiger charge is -2.04. The average Bonchev–Trinajstić information content (AvgIpc) is 2.97. The second-order valence-electron chi connectivity index (χ2n) is 4.84. The van der Waals surface area contributed by atoms with E-state index in [1.54, 1.807) is 0 Å². The van der Waals surface area contributed by atoms with Gasteiger partial charge >= 0.3 is 0 Å². The number of nitrogens with zero attached hydrogens (tertiary/aromatic N) is 3. The second kappa shape index (κ2) is 5.81. The molecule has 0 N–H and O–H groups in total. The minimum atomic E-state index is 0.494. The SMILES string of the molecule is CCC1CCC(c2noc(CCCC#N)n2)C1. The molecular formula is C13H19N3O. The third-order valence-electron chi connectivity index (χ3n) is 3.65. The summed E-state index contributed by atoms with van der Waals surface area (Å²) >= 11 is 0. The predicted molar refractivity (Wildman–Crippen MR) is 63.2 cm³/mol. The molecule has 92 valence electrons. The van der Waals surface area contributed by atoms with Crippen LogP contribution in [-0.4, -0.2) is 10.1 Å². The van der Waals surface area contributed by atoms with Gasteiger partial charge in [-0.3, -0.25) is 0 Å². The highest BCUT2D eigenvalue weighted by Gasteiger charge is 2.28. The number of aromatic nitrogens is 2. The van der Waals surface area contributed by atoms with Gasteiger partial charge in [-0.2, -0.15) is 10.2 Å². The third-order valence-corrected chi connectivity index (χ3v) is 3.65. The van der Waals surface area contributed by atoms with Gasteiger partial charge in [0.1, 0.15) is 0 Å². The van der Waals surface area contributed by atoms with Crippen molar-refractivity contribution in [3.63, 3.8) is 0 Å². The normalized spacial score (nSPS) is 23.8. The van der Waals surface area contributed by atoms with Crippen molar-refractivity contribution in [3.05, 3.63) is 11.7 Å². The molecule has 4 nitrogen and oxygen atoms in total. The summed E-state index contributed by atoms with van der Waals surface area (Å²) in [6.07, 6.45) is 7.02. The van der Waals surface area contributed by atoms with Crippen LogP contribution >= 0.6 is 0 Å². The minimum absolute atomic E-state index is 0.494. The Morgan fingerprint density at radius 2 is 2.35 bits per heavy atom. The summed E-state index contributed by atoms with van der Waals surface area (Å²) in [5.41, 5.74) is 0. The van der Waals surface area contributed by atoms with E-state index < -0.39 is 0 Å². The van der Waals surface area contributed by atoms with E-state index in [1.807, 2.05) is 0 Å². The van der Waals surface area contributed by atoms with Crippen molar-refractivity contribution >= 4 is 0 Å². The van der Waals surface area contributed by atoms with E-state index in [0.717, 1.165) is 24.6 Å². The number of hydrogen-bond acceptors (Lipinski definition) is 4. The monoisotopic (exact) mass is 233 g/mol. The van der Waals surface area contributed by atoms with Crippen molar-refractivity contribution < 1.29 is 4.52 Å². The topological polar surface area (TPSA) is 62.7 Å². The molecule has 0 bridgehead atoms. The van der Waals surface area contributed by atoms with Gasteiger partial charge in [-0.15, -0.1) is 0 Å². The summed E-state index contributed by atoms with van der Waals surface area (Å²) in [5, 5.41) is 12.5. The van der Waals surface area contributed by atoms with Crippen LogP contribution in [0.15, 0.2) is 4.52 Å². The summed E-state index contributed by atoms with van der Waals surface area (Å²) in [6, 6.07) is 2.12. The van der Waals surface area contributed by atoms with Gasteiger partial charge in [0.05, 0.1) is 6.07 Å². The first-order valence-corrected chi connectivity index (χ1v) is 6.53. The fourth-order valence-corrected chi connectivity index (χ4v) is 2.53. The molecule has 2 rings (SSSR count). The average molecular weight is 233 g/mol. The van der Waals surface area contributed by atoms with Crippen molar-refractivity contribution in [1.82, 2.24) is 10.1 Å². The standard InChI is InChI=1S/C13H19N3O/c1-2-10-6-7-11(9-10)13-15-12(17-16-13)5-3-4-8-14/h10-11H,2-7,9H2,1H3. The van der Waals surface area contributed by atoms with E-state index in [2.05, 4.69) is 23.1 Å². The van der Waals surface area contributed by atoms with Gasteiger partial charge < -0.3 is 4.52 Å². The van der Waals surface area contributed by atoms with Crippen molar-refractivity contribution in [1.29, 1.82) is 5.26 Å². The zero-order chi connectivity index (χ0) is 12.1. The molecule has 1 aliphatic carbocycles. The quantitative estimate of drug-likeness (QED) is 0.732. The molecule has 4 heteroatoms. The van der Waals surface area contributed by atoms with Gasteiger partial charge in [-0.25, -0.2) is 0 Å². The maximum atomic E-state index is 8.46. The first kappa shape index (κ1) is 12.1. The van der Waals surface area contributed by atoms with Crippen molar-refractivity contribution in [3.8, 4) is 6.07 Å². The Morgan fingerprint density at radius 1 is 1.47 bits per heavy atom.